The Morgan fingerprint density at radius 2 is 1.61 bits per heavy atom. The van der Waals surface area contributed by atoms with E-state index in [2.05, 4.69) is 6.07 Å². The van der Waals surface area contributed by atoms with Crippen molar-refractivity contribution in [1.29, 1.82) is 0 Å². The van der Waals surface area contributed by atoms with Gasteiger partial charge in [-0.25, -0.2) is 9.59 Å². The molecule has 0 aliphatic carbocycles. The van der Waals surface area contributed by atoms with Gasteiger partial charge in [-0.3, -0.25) is 4.79 Å². The first-order valence-corrected chi connectivity index (χ1v) is 13.2. The van der Waals surface area contributed by atoms with Gasteiger partial charge in [0, 0.05) is 37.5 Å². The van der Waals surface area contributed by atoms with Crippen LogP contribution < -0.4 is 0 Å². The minimum atomic E-state index is -0.272. The van der Waals surface area contributed by atoms with Crippen LogP contribution in [0.4, 0.5) is 9.59 Å². The van der Waals surface area contributed by atoms with Crippen molar-refractivity contribution in [3.05, 3.63) is 21.9 Å². The Kier molecular flexibility index (Phi) is 12.3. The number of amides is 2. The van der Waals surface area contributed by atoms with Crippen molar-refractivity contribution in [2.45, 2.75) is 71.6 Å². The maximum Gasteiger partial charge on any atom is 0.409 e. The van der Waals surface area contributed by atoms with Gasteiger partial charge < -0.3 is 19.3 Å². The lowest BCUT2D eigenvalue weighted by Gasteiger charge is -2.30. The van der Waals surface area contributed by atoms with Crippen LogP contribution in [0.15, 0.2) is 12.1 Å². The molecule has 0 atom stereocenters. The van der Waals surface area contributed by atoms with Crippen molar-refractivity contribution in [2.24, 2.45) is 5.92 Å². The number of ether oxygens (including phenoxy) is 2. The van der Waals surface area contributed by atoms with Crippen LogP contribution in [0.2, 0.25) is 0 Å². The van der Waals surface area contributed by atoms with Crippen LogP contribution in [0.1, 0.15) is 79.8 Å². The second-order valence-electron chi connectivity index (χ2n) is 8.58. The Morgan fingerprint density at radius 1 is 0.970 bits per heavy atom. The van der Waals surface area contributed by atoms with Crippen LogP contribution in [-0.4, -0.2) is 67.7 Å². The van der Waals surface area contributed by atoms with Gasteiger partial charge in [0.2, 0.25) is 0 Å². The molecule has 0 saturated carbocycles. The lowest BCUT2D eigenvalue weighted by Crippen LogP contribution is -2.40. The minimum Gasteiger partial charge on any atom is -0.450 e. The number of piperidine rings is 1. The Balaban J connectivity index is 1.58. The monoisotopic (exact) mass is 480 g/mol. The molecule has 1 aliphatic heterocycles. The molecule has 1 fully saturated rings. The fourth-order valence-corrected chi connectivity index (χ4v) is 5.13. The molecule has 0 spiro atoms. The van der Waals surface area contributed by atoms with Crippen molar-refractivity contribution < 1.29 is 23.9 Å². The van der Waals surface area contributed by atoms with Crippen molar-refractivity contribution in [3.63, 3.8) is 0 Å². The molecule has 0 bridgehead atoms. The Bertz CT molecular complexity index is 743. The standard InChI is InChI=1S/C25H40N2O5S/c1-4-31-24(29)26(3)17-11-9-7-6-8-10-12-21-13-14-22(33-21)23(28)20-15-18-27(19-16-20)25(30)32-5-2/h13-14,20H,4-12,15-19H2,1-3H3. The maximum absolute atomic E-state index is 12.9. The third-order valence-corrected chi connectivity index (χ3v) is 7.20. The number of Topliss-reactive ketones (excluding diaryl/α,β-unsaturated/α-hetero) is 1. The fraction of sp³-hybridized carbons (Fsp3) is 0.720. The molecule has 33 heavy (non-hydrogen) atoms. The van der Waals surface area contributed by atoms with Crippen LogP contribution in [-0.2, 0) is 15.9 Å². The number of carbonyl (C=O) groups is 3. The van der Waals surface area contributed by atoms with E-state index in [0.29, 0.717) is 39.1 Å². The zero-order chi connectivity index (χ0) is 24.1. The summed E-state index contributed by atoms with van der Waals surface area (Å²) in [4.78, 5) is 41.7. The number of likely N-dealkylation sites (tertiary alicyclic amines) is 1. The predicted molar refractivity (Wildman–Crippen MR) is 131 cm³/mol. The summed E-state index contributed by atoms with van der Waals surface area (Å²) in [5.74, 6) is 0.229. The van der Waals surface area contributed by atoms with Gasteiger partial charge in [0.05, 0.1) is 18.1 Å². The number of ketones is 1. The van der Waals surface area contributed by atoms with Crippen LogP contribution in [0, 0.1) is 5.92 Å². The molecule has 2 amide bonds. The number of hydrogen-bond acceptors (Lipinski definition) is 6. The average molecular weight is 481 g/mol. The molecule has 2 heterocycles. The largest absolute Gasteiger partial charge is 0.450 e. The highest BCUT2D eigenvalue weighted by molar-refractivity contribution is 7.14. The summed E-state index contributed by atoms with van der Waals surface area (Å²) in [6.45, 7) is 6.34. The predicted octanol–water partition coefficient (Wildman–Crippen LogP) is 5.77. The van der Waals surface area contributed by atoms with Gasteiger partial charge in [0.1, 0.15) is 0 Å². The summed E-state index contributed by atoms with van der Waals surface area (Å²) in [5, 5.41) is 0. The first-order chi connectivity index (χ1) is 16.0. The van der Waals surface area contributed by atoms with Crippen molar-refractivity contribution in [1.82, 2.24) is 9.80 Å². The molecule has 7 nitrogen and oxygen atoms in total. The third kappa shape index (κ3) is 9.35. The maximum atomic E-state index is 12.9. The van der Waals surface area contributed by atoms with E-state index in [9.17, 15) is 14.4 Å². The summed E-state index contributed by atoms with van der Waals surface area (Å²) >= 11 is 1.63. The number of hydrogen-bond donors (Lipinski definition) is 0. The van der Waals surface area contributed by atoms with E-state index in [1.54, 1.807) is 35.1 Å². The lowest BCUT2D eigenvalue weighted by atomic mass is 9.92. The zero-order valence-electron chi connectivity index (χ0n) is 20.5. The van der Waals surface area contributed by atoms with Gasteiger partial charge >= 0.3 is 12.2 Å². The summed E-state index contributed by atoms with van der Waals surface area (Å²) < 4.78 is 10.0. The normalized spacial score (nSPS) is 14.2. The van der Waals surface area contributed by atoms with E-state index in [4.69, 9.17) is 9.47 Å². The Morgan fingerprint density at radius 3 is 2.27 bits per heavy atom. The van der Waals surface area contributed by atoms with Crippen molar-refractivity contribution in [3.8, 4) is 0 Å². The molecule has 186 valence electrons. The number of unbranched alkanes of at least 4 members (excludes halogenated alkanes) is 5. The van der Waals surface area contributed by atoms with E-state index in [1.165, 1.54) is 24.1 Å². The van der Waals surface area contributed by atoms with E-state index in [0.717, 1.165) is 37.1 Å². The zero-order valence-corrected chi connectivity index (χ0v) is 21.3. The number of rotatable bonds is 13. The number of nitrogens with zero attached hydrogens (tertiary/aromatic N) is 2. The highest BCUT2D eigenvalue weighted by atomic mass is 32.1. The first-order valence-electron chi connectivity index (χ1n) is 12.4. The van der Waals surface area contributed by atoms with Crippen molar-refractivity contribution >= 4 is 29.3 Å². The summed E-state index contributed by atoms with van der Waals surface area (Å²) in [5.41, 5.74) is 0. The van der Waals surface area contributed by atoms with E-state index >= 15 is 0 Å². The van der Waals surface area contributed by atoms with Crippen LogP contribution in [0.3, 0.4) is 0 Å². The summed E-state index contributed by atoms with van der Waals surface area (Å²) in [6, 6.07) is 4.07. The second-order valence-corrected chi connectivity index (χ2v) is 9.75. The van der Waals surface area contributed by atoms with Gasteiger partial charge in [-0.05, 0) is 58.1 Å². The molecule has 0 aromatic carbocycles. The van der Waals surface area contributed by atoms with Crippen LogP contribution in [0.5, 0.6) is 0 Å². The summed E-state index contributed by atoms with van der Waals surface area (Å²) in [6.07, 6.45) is 8.73. The second kappa shape index (κ2) is 14.9. The minimum absolute atomic E-state index is 0.00468. The van der Waals surface area contributed by atoms with E-state index in [-0.39, 0.29) is 23.9 Å². The Hall–Kier alpha value is -2.09. The van der Waals surface area contributed by atoms with Crippen molar-refractivity contribution in [2.75, 3.05) is 39.9 Å². The average Bonchev–Trinajstić information content (AvgIpc) is 3.29. The number of thiophene rings is 1. The fourth-order valence-electron chi connectivity index (χ4n) is 4.07. The first kappa shape index (κ1) is 27.2. The molecular weight excluding hydrogens is 440 g/mol. The van der Waals surface area contributed by atoms with Gasteiger partial charge in [0.25, 0.3) is 0 Å². The van der Waals surface area contributed by atoms with Crippen LogP contribution in [0.25, 0.3) is 0 Å². The highest BCUT2D eigenvalue weighted by Gasteiger charge is 2.29. The molecule has 0 radical (unpaired) electrons. The van der Waals surface area contributed by atoms with Gasteiger partial charge in [-0.15, -0.1) is 11.3 Å². The molecule has 0 N–H and O–H groups in total. The van der Waals surface area contributed by atoms with Gasteiger partial charge in [-0.2, -0.15) is 0 Å². The smallest absolute Gasteiger partial charge is 0.409 e. The van der Waals surface area contributed by atoms with E-state index in [1.807, 2.05) is 13.0 Å². The quantitative estimate of drug-likeness (QED) is 0.265. The van der Waals surface area contributed by atoms with Gasteiger partial charge in [-0.1, -0.05) is 25.7 Å². The molecule has 0 unspecified atom stereocenters. The Labute approximate surface area is 202 Å². The third-order valence-electron chi connectivity index (χ3n) is 6.04. The molecular formula is C25H40N2O5S. The SMILES string of the molecule is CCOC(=O)N(C)CCCCCCCCc1ccc(C(=O)C2CCN(C(=O)OCC)CC2)s1. The van der Waals surface area contributed by atoms with Crippen LogP contribution >= 0.6 is 11.3 Å². The molecule has 1 aliphatic rings. The summed E-state index contributed by atoms with van der Waals surface area (Å²) in [7, 11) is 1.78. The van der Waals surface area contributed by atoms with Gasteiger partial charge in [0.15, 0.2) is 5.78 Å². The number of carbonyl (C=O) groups excluding carboxylic acids is 3. The molecule has 8 heteroatoms. The molecule has 1 aromatic rings. The molecule has 2 rings (SSSR count). The molecule has 1 aromatic heterocycles. The topological polar surface area (TPSA) is 76.2 Å². The van der Waals surface area contributed by atoms with E-state index < -0.39 is 0 Å². The molecule has 1 saturated heterocycles. The lowest BCUT2D eigenvalue weighted by molar-refractivity contribution is 0.0756. The number of aryl methyl sites for hydroxylation is 1. The highest BCUT2D eigenvalue weighted by Crippen LogP contribution is 2.27.